The van der Waals surface area contributed by atoms with Crippen molar-refractivity contribution in [2.24, 2.45) is 0 Å². The highest BCUT2D eigenvalue weighted by Crippen LogP contribution is 2.19. The molecule has 0 aliphatic carbocycles. The number of para-hydroxylation sites is 1. The highest BCUT2D eigenvalue weighted by molar-refractivity contribution is 6.30. The molecule has 1 aliphatic heterocycles. The number of amides is 1. The van der Waals surface area contributed by atoms with E-state index in [0.29, 0.717) is 6.54 Å². The first kappa shape index (κ1) is 16.8. The SMILES string of the molecule is Cc1ccccc1NC(=O)CN1CCN(c2ccc(Cl)cc2)CC1. The van der Waals surface area contributed by atoms with E-state index < -0.39 is 0 Å². The first-order chi connectivity index (χ1) is 11.6. The van der Waals surface area contributed by atoms with E-state index in [9.17, 15) is 4.79 Å². The lowest BCUT2D eigenvalue weighted by Crippen LogP contribution is -2.48. The standard InChI is InChI=1S/C19H22ClN3O/c1-15-4-2-3-5-18(15)21-19(24)14-22-10-12-23(13-11-22)17-8-6-16(20)7-9-17/h2-9H,10-14H2,1H3,(H,21,24). The minimum absolute atomic E-state index is 0.0456. The fourth-order valence-electron chi connectivity index (χ4n) is 2.92. The lowest BCUT2D eigenvalue weighted by molar-refractivity contribution is -0.117. The third-order valence-corrected chi connectivity index (χ3v) is 4.60. The molecule has 24 heavy (non-hydrogen) atoms. The highest BCUT2D eigenvalue weighted by atomic mass is 35.5. The Labute approximate surface area is 148 Å². The molecule has 2 aromatic rings. The Morgan fingerprint density at radius 1 is 1.04 bits per heavy atom. The van der Waals surface area contributed by atoms with Gasteiger partial charge < -0.3 is 10.2 Å². The van der Waals surface area contributed by atoms with Gasteiger partial charge in [-0.1, -0.05) is 29.8 Å². The molecule has 1 N–H and O–H groups in total. The Bertz CT molecular complexity index is 694. The average Bonchev–Trinajstić information content (AvgIpc) is 2.58. The molecule has 3 rings (SSSR count). The summed E-state index contributed by atoms with van der Waals surface area (Å²) in [5, 5.41) is 3.75. The number of nitrogens with zero attached hydrogens (tertiary/aromatic N) is 2. The second-order valence-corrected chi connectivity index (χ2v) is 6.54. The van der Waals surface area contributed by atoms with Crippen LogP contribution in [0.1, 0.15) is 5.56 Å². The number of anilines is 2. The second kappa shape index (κ2) is 7.69. The second-order valence-electron chi connectivity index (χ2n) is 6.10. The van der Waals surface area contributed by atoms with E-state index in [0.717, 1.165) is 42.5 Å². The number of carbonyl (C=O) groups is 1. The Morgan fingerprint density at radius 3 is 2.38 bits per heavy atom. The van der Waals surface area contributed by atoms with Gasteiger partial charge in [0.1, 0.15) is 0 Å². The normalized spacial score (nSPS) is 15.3. The van der Waals surface area contributed by atoms with Crippen LogP contribution in [0.4, 0.5) is 11.4 Å². The van der Waals surface area contributed by atoms with Gasteiger partial charge in [0, 0.05) is 42.6 Å². The number of halogens is 1. The smallest absolute Gasteiger partial charge is 0.238 e. The van der Waals surface area contributed by atoms with Crippen LogP contribution in [0.5, 0.6) is 0 Å². The van der Waals surface area contributed by atoms with Crippen LogP contribution in [0.3, 0.4) is 0 Å². The number of nitrogens with one attached hydrogen (secondary N) is 1. The van der Waals surface area contributed by atoms with Crippen molar-refractivity contribution in [1.82, 2.24) is 4.90 Å². The lowest BCUT2D eigenvalue weighted by atomic mass is 10.2. The number of carbonyl (C=O) groups excluding carboxylic acids is 1. The van der Waals surface area contributed by atoms with Crippen molar-refractivity contribution < 1.29 is 4.79 Å². The molecule has 5 heteroatoms. The Balaban J connectivity index is 1.49. The van der Waals surface area contributed by atoms with Gasteiger partial charge in [0.25, 0.3) is 0 Å². The number of benzene rings is 2. The summed E-state index contributed by atoms with van der Waals surface area (Å²) < 4.78 is 0. The van der Waals surface area contributed by atoms with E-state index >= 15 is 0 Å². The van der Waals surface area contributed by atoms with E-state index in [1.165, 1.54) is 5.69 Å². The summed E-state index contributed by atoms with van der Waals surface area (Å²) in [6.45, 7) is 6.02. The van der Waals surface area contributed by atoms with Gasteiger partial charge in [0.15, 0.2) is 0 Å². The molecule has 1 fully saturated rings. The van der Waals surface area contributed by atoms with Crippen LogP contribution < -0.4 is 10.2 Å². The third-order valence-electron chi connectivity index (χ3n) is 4.35. The quantitative estimate of drug-likeness (QED) is 0.924. The van der Waals surface area contributed by atoms with Gasteiger partial charge in [-0.15, -0.1) is 0 Å². The summed E-state index contributed by atoms with van der Waals surface area (Å²) >= 11 is 5.94. The molecule has 0 atom stereocenters. The molecule has 0 aromatic heterocycles. The lowest BCUT2D eigenvalue weighted by Gasteiger charge is -2.35. The molecule has 1 aliphatic rings. The van der Waals surface area contributed by atoms with Crippen molar-refractivity contribution in [1.29, 1.82) is 0 Å². The van der Waals surface area contributed by atoms with E-state index in [4.69, 9.17) is 11.6 Å². The molecule has 4 nitrogen and oxygen atoms in total. The molecular weight excluding hydrogens is 322 g/mol. The highest BCUT2D eigenvalue weighted by Gasteiger charge is 2.19. The summed E-state index contributed by atoms with van der Waals surface area (Å²) in [6, 6.07) is 15.8. The van der Waals surface area contributed by atoms with Crippen molar-refractivity contribution in [2.45, 2.75) is 6.92 Å². The van der Waals surface area contributed by atoms with Crippen molar-refractivity contribution in [3.8, 4) is 0 Å². The van der Waals surface area contributed by atoms with Gasteiger partial charge in [-0.25, -0.2) is 0 Å². The maximum absolute atomic E-state index is 12.2. The summed E-state index contributed by atoms with van der Waals surface area (Å²) in [5.41, 5.74) is 3.16. The van der Waals surface area contributed by atoms with Crippen molar-refractivity contribution >= 4 is 28.9 Å². The summed E-state index contributed by atoms with van der Waals surface area (Å²) in [7, 11) is 0. The molecule has 126 valence electrons. The molecule has 0 bridgehead atoms. The number of rotatable bonds is 4. The minimum atomic E-state index is 0.0456. The van der Waals surface area contributed by atoms with Gasteiger partial charge in [-0.05, 0) is 42.8 Å². The van der Waals surface area contributed by atoms with Crippen LogP contribution >= 0.6 is 11.6 Å². The summed E-state index contributed by atoms with van der Waals surface area (Å²) in [6.07, 6.45) is 0. The third kappa shape index (κ3) is 4.28. The Kier molecular flexibility index (Phi) is 5.38. The fourth-order valence-corrected chi connectivity index (χ4v) is 3.05. The zero-order valence-corrected chi connectivity index (χ0v) is 14.6. The average molecular weight is 344 g/mol. The van der Waals surface area contributed by atoms with Gasteiger partial charge in [0.2, 0.25) is 5.91 Å². The van der Waals surface area contributed by atoms with Crippen LogP contribution in [0.2, 0.25) is 5.02 Å². The molecule has 0 radical (unpaired) electrons. The van der Waals surface area contributed by atoms with E-state index in [-0.39, 0.29) is 5.91 Å². The fraction of sp³-hybridized carbons (Fsp3) is 0.316. The number of piperazine rings is 1. The first-order valence-electron chi connectivity index (χ1n) is 8.20. The van der Waals surface area contributed by atoms with Gasteiger partial charge in [0.05, 0.1) is 6.54 Å². The molecule has 0 unspecified atom stereocenters. The topological polar surface area (TPSA) is 35.6 Å². The van der Waals surface area contributed by atoms with Crippen LogP contribution in [-0.4, -0.2) is 43.5 Å². The zero-order chi connectivity index (χ0) is 16.9. The molecule has 0 spiro atoms. The largest absolute Gasteiger partial charge is 0.369 e. The molecule has 1 heterocycles. The van der Waals surface area contributed by atoms with E-state index in [1.54, 1.807) is 0 Å². The van der Waals surface area contributed by atoms with E-state index in [2.05, 4.69) is 15.1 Å². The number of hydrogen-bond acceptors (Lipinski definition) is 3. The molecule has 1 saturated heterocycles. The van der Waals surface area contributed by atoms with Gasteiger partial charge >= 0.3 is 0 Å². The molecular formula is C19H22ClN3O. The number of aryl methyl sites for hydroxylation is 1. The maximum atomic E-state index is 12.2. The molecule has 1 amide bonds. The van der Waals surface area contributed by atoms with Crippen molar-refractivity contribution in [3.63, 3.8) is 0 Å². The zero-order valence-electron chi connectivity index (χ0n) is 13.8. The summed E-state index contributed by atoms with van der Waals surface area (Å²) in [5.74, 6) is 0.0456. The number of hydrogen-bond donors (Lipinski definition) is 1. The van der Waals surface area contributed by atoms with Crippen LogP contribution in [-0.2, 0) is 4.79 Å². The van der Waals surface area contributed by atoms with Crippen LogP contribution in [0, 0.1) is 6.92 Å². The maximum Gasteiger partial charge on any atom is 0.238 e. The summed E-state index contributed by atoms with van der Waals surface area (Å²) in [4.78, 5) is 16.8. The van der Waals surface area contributed by atoms with Gasteiger partial charge in [-0.2, -0.15) is 0 Å². The van der Waals surface area contributed by atoms with Crippen LogP contribution in [0.25, 0.3) is 0 Å². The molecule has 0 saturated carbocycles. The van der Waals surface area contributed by atoms with Crippen molar-refractivity contribution in [2.75, 3.05) is 42.9 Å². The molecule has 2 aromatic carbocycles. The first-order valence-corrected chi connectivity index (χ1v) is 8.58. The van der Waals surface area contributed by atoms with Crippen molar-refractivity contribution in [3.05, 3.63) is 59.1 Å². The van der Waals surface area contributed by atoms with Crippen LogP contribution in [0.15, 0.2) is 48.5 Å². The Hall–Kier alpha value is -2.04. The predicted molar refractivity (Wildman–Crippen MR) is 99.9 cm³/mol. The van der Waals surface area contributed by atoms with E-state index in [1.807, 2.05) is 55.5 Å². The minimum Gasteiger partial charge on any atom is -0.369 e. The monoisotopic (exact) mass is 343 g/mol. The Morgan fingerprint density at radius 2 is 1.71 bits per heavy atom. The van der Waals surface area contributed by atoms with Gasteiger partial charge in [-0.3, -0.25) is 9.69 Å². The predicted octanol–water partition coefficient (Wildman–Crippen LogP) is 3.41.